The Bertz CT molecular complexity index is 946. The van der Waals surface area contributed by atoms with E-state index in [1.165, 1.54) is 16.4 Å². The highest BCUT2D eigenvalue weighted by Crippen LogP contribution is 2.28. The molecule has 0 bridgehead atoms. The maximum absolute atomic E-state index is 12.6. The Morgan fingerprint density at radius 1 is 1.19 bits per heavy atom. The Hall–Kier alpha value is -1.61. The first-order chi connectivity index (χ1) is 12.9. The second-order valence-corrected chi connectivity index (χ2v) is 9.31. The van der Waals surface area contributed by atoms with Crippen molar-refractivity contribution < 1.29 is 17.9 Å². The van der Waals surface area contributed by atoms with E-state index >= 15 is 0 Å². The van der Waals surface area contributed by atoms with Crippen LogP contribution in [0.15, 0.2) is 51.8 Å². The molecular formula is C18H18BrClN2O4S. The van der Waals surface area contributed by atoms with Crippen LogP contribution in [0, 0.1) is 0 Å². The second-order valence-electron chi connectivity index (χ2n) is 6.05. The molecule has 27 heavy (non-hydrogen) atoms. The van der Waals surface area contributed by atoms with Gasteiger partial charge in [0.2, 0.25) is 10.0 Å². The van der Waals surface area contributed by atoms with Gasteiger partial charge in [-0.3, -0.25) is 4.79 Å². The van der Waals surface area contributed by atoms with E-state index in [9.17, 15) is 13.2 Å². The van der Waals surface area contributed by atoms with Crippen LogP contribution in [0.4, 0.5) is 5.69 Å². The summed E-state index contributed by atoms with van der Waals surface area (Å²) in [5.74, 6) is -0.0231. The number of rotatable bonds is 6. The van der Waals surface area contributed by atoms with Gasteiger partial charge in [-0.25, -0.2) is 8.42 Å². The van der Waals surface area contributed by atoms with Gasteiger partial charge in [0.05, 0.1) is 9.92 Å². The summed E-state index contributed by atoms with van der Waals surface area (Å²) in [5, 5.41) is 3.03. The van der Waals surface area contributed by atoms with Gasteiger partial charge in [0.15, 0.2) is 6.61 Å². The molecule has 1 N–H and O–H groups in total. The fourth-order valence-corrected chi connectivity index (χ4v) is 5.04. The highest BCUT2D eigenvalue weighted by Gasteiger charge is 2.27. The molecule has 1 aliphatic rings. The number of hydrogen-bond donors (Lipinski definition) is 1. The number of anilines is 1. The molecule has 0 radical (unpaired) electrons. The summed E-state index contributed by atoms with van der Waals surface area (Å²) in [6.07, 6.45) is 1.73. The van der Waals surface area contributed by atoms with E-state index in [-0.39, 0.29) is 11.5 Å². The number of nitrogens with zero attached hydrogens (tertiary/aromatic N) is 1. The average molecular weight is 474 g/mol. The van der Waals surface area contributed by atoms with Crippen LogP contribution in [0.25, 0.3) is 0 Å². The lowest BCUT2D eigenvalue weighted by atomic mass is 10.3. The van der Waals surface area contributed by atoms with E-state index in [4.69, 9.17) is 16.3 Å². The molecule has 0 aromatic heterocycles. The van der Waals surface area contributed by atoms with Gasteiger partial charge in [-0.15, -0.1) is 0 Å². The molecule has 3 rings (SSSR count). The molecule has 2 aromatic carbocycles. The number of nitrogens with one attached hydrogen (secondary N) is 1. The van der Waals surface area contributed by atoms with E-state index < -0.39 is 15.9 Å². The molecule has 0 atom stereocenters. The highest BCUT2D eigenvalue weighted by atomic mass is 79.9. The Kier molecular flexibility index (Phi) is 6.41. The van der Waals surface area contributed by atoms with E-state index in [1.807, 2.05) is 0 Å². The number of sulfonamides is 1. The van der Waals surface area contributed by atoms with Crippen LogP contribution in [0.3, 0.4) is 0 Å². The molecule has 1 saturated heterocycles. The van der Waals surface area contributed by atoms with Crippen LogP contribution in [-0.4, -0.2) is 38.3 Å². The predicted molar refractivity (Wildman–Crippen MR) is 108 cm³/mol. The van der Waals surface area contributed by atoms with E-state index in [2.05, 4.69) is 21.2 Å². The zero-order chi connectivity index (χ0) is 19.4. The Morgan fingerprint density at radius 3 is 2.63 bits per heavy atom. The summed E-state index contributed by atoms with van der Waals surface area (Å²) in [6, 6.07) is 11.3. The fourth-order valence-electron chi connectivity index (χ4n) is 2.74. The van der Waals surface area contributed by atoms with E-state index in [0.29, 0.717) is 29.5 Å². The normalized spacial score (nSPS) is 14.9. The third kappa shape index (κ3) is 5.01. The molecule has 2 aromatic rings. The summed E-state index contributed by atoms with van der Waals surface area (Å²) in [7, 11) is -3.53. The predicted octanol–water partition coefficient (Wildman–Crippen LogP) is 3.90. The molecule has 6 nitrogen and oxygen atoms in total. The Morgan fingerprint density at radius 2 is 1.93 bits per heavy atom. The van der Waals surface area contributed by atoms with Crippen molar-refractivity contribution in [2.45, 2.75) is 17.7 Å². The topological polar surface area (TPSA) is 75.7 Å². The molecule has 1 heterocycles. The summed E-state index contributed by atoms with van der Waals surface area (Å²) in [6.45, 7) is 0.811. The van der Waals surface area contributed by atoms with Crippen molar-refractivity contribution in [1.82, 2.24) is 4.31 Å². The largest absolute Gasteiger partial charge is 0.482 e. The molecular weight excluding hydrogens is 456 g/mol. The van der Waals surface area contributed by atoms with E-state index in [0.717, 1.165) is 17.3 Å². The average Bonchev–Trinajstić information content (AvgIpc) is 3.17. The zero-order valence-corrected chi connectivity index (χ0v) is 17.5. The first kappa shape index (κ1) is 20.1. The smallest absolute Gasteiger partial charge is 0.262 e. The van der Waals surface area contributed by atoms with Crippen LogP contribution in [0.5, 0.6) is 5.75 Å². The second kappa shape index (κ2) is 8.60. The van der Waals surface area contributed by atoms with Crippen molar-refractivity contribution in [3.8, 4) is 5.75 Å². The van der Waals surface area contributed by atoms with Gasteiger partial charge in [-0.05, 0) is 49.2 Å². The summed E-state index contributed by atoms with van der Waals surface area (Å²) >= 11 is 9.34. The number of carbonyl (C=O) groups is 1. The molecule has 1 amide bonds. The molecule has 144 valence electrons. The lowest BCUT2D eigenvalue weighted by Gasteiger charge is -2.16. The molecule has 0 unspecified atom stereocenters. The molecule has 1 aliphatic heterocycles. The molecule has 1 fully saturated rings. The van der Waals surface area contributed by atoms with Crippen LogP contribution in [-0.2, 0) is 14.8 Å². The van der Waals surface area contributed by atoms with Gasteiger partial charge in [0.1, 0.15) is 5.75 Å². The number of benzene rings is 2. The van der Waals surface area contributed by atoms with Crippen LogP contribution < -0.4 is 10.1 Å². The first-order valence-corrected chi connectivity index (χ1v) is 11.0. The monoisotopic (exact) mass is 472 g/mol. The van der Waals surface area contributed by atoms with Gasteiger partial charge in [0, 0.05) is 23.2 Å². The summed E-state index contributed by atoms with van der Waals surface area (Å²) in [5.41, 5.74) is 0.394. The molecule has 9 heteroatoms. The number of ether oxygens (including phenoxy) is 1. The SMILES string of the molecule is O=C(COc1ccc(Br)cc1Cl)Nc1cccc(S(=O)(=O)N2CCCC2)c1. The van der Waals surface area contributed by atoms with Gasteiger partial charge in [0.25, 0.3) is 5.91 Å². The van der Waals surface area contributed by atoms with Crippen LogP contribution >= 0.6 is 27.5 Å². The van der Waals surface area contributed by atoms with Gasteiger partial charge in [-0.2, -0.15) is 4.31 Å². The Labute approximate surface area is 171 Å². The number of amides is 1. The highest BCUT2D eigenvalue weighted by molar-refractivity contribution is 9.10. The maximum Gasteiger partial charge on any atom is 0.262 e. The molecule has 0 aliphatic carbocycles. The minimum Gasteiger partial charge on any atom is -0.482 e. The maximum atomic E-state index is 12.6. The van der Waals surface area contributed by atoms with E-state index in [1.54, 1.807) is 30.3 Å². The van der Waals surface area contributed by atoms with Gasteiger partial charge < -0.3 is 10.1 Å². The van der Waals surface area contributed by atoms with Crippen LogP contribution in [0.2, 0.25) is 5.02 Å². The zero-order valence-electron chi connectivity index (χ0n) is 14.3. The van der Waals surface area contributed by atoms with Gasteiger partial charge >= 0.3 is 0 Å². The summed E-state index contributed by atoms with van der Waals surface area (Å²) in [4.78, 5) is 12.3. The fraction of sp³-hybridized carbons (Fsp3) is 0.278. The molecule has 0 saturated carbocycles. The van der Waals surface area contributed by atoms with Crippen molar-refractivity contribution in [2.75, 3.05) is 25.0 Å². The van der Waals surface area contributed by atoms with Crippen molar-refractivity contribution in [1.29, 1.82) is 0 Å². The van der Waals surface area contributed by atoms with Crippen molar-refractivity contribution in [2.24, 2.45) is 0 Å². The quantitative estimate of drug-likeness (QED) is 0.690. The minimum atomic E-state index is -3.53. The number of hydrogen-bond acceptors (Lipinski definition) is 4. The standard InChI is InChI=1S/C18H18BrClN2O4S/c19-13-6-7-17(16(20)10-13)26-12-18(23)21-14-4-3-5-15(11-14)27(24,25)22-8-1-2-9-22/h3-7,10-11H,1-2,8-9,12H2,(H,21,23). The third-order valence-corrected chi connectivity index (χ3v) is 6.76. The summed E-state index contributed by atoms with van der Waals surface area (Å²) < 4.78 is 32.9. The third-order valence-electron chi connectivity index (χ3n) is 4.07. The lowest BCUT2D eigenvalue weighted by Crippen LogP contribution is -2.28. The van der Waals surface area contributed by atoms with Crippen molar-refractivity contribution >= 4 is 49.1 Å². The van der Waals surface area contributed by atoms with Crippen molar-refractivity contribution in [3.63, 3.8) is 0 Å². The Balaban J connectivity index is 1.64. The van der Waals surface area contributed by atoms with Gasteiger partial charge in [-0.1, -0.05) is 33.6 Å². The lowest BCUT2D eigenvalue weighted by molar-refractivity contribution is -0.118. The first-order valence-electron chi connectivity index (χ1n) is 8.34. The minimum absolute atomic E-state index is 0.166. The molecule has 0 spiro atoms. The van der Waals surface area contributed by atoms with Crippen LogP contribution in [0.1, 0.15) is 12.8 Å². The number of halogens is 2. The number of carbonyl (C=O) groups excluding carboxylic acids is 1. The van der Waals surface area contributed by atoms with Crippen molar-refractivity contribution in [3.05, 3.63) is 52.0 Å².